The van der Waals surface area contributed by atoms with Gasteiger partial charge in [-0.1, -0.05) is 40.9 Å². The number of amidine groups is 1. The summed E-state index contributed by atoms with van der Waals surface area (Å²) in [5.41, 5.74) is -1.24. The molecule has 1 atom stereocenters. The second-order valence-electron chi connectivity index (χ2n) is 3.64. The van der Waals surface area contributed by atoms with Crippen LogP contribution in [-0.4, -0.2) is 17.5 Å². The molecule has 0 aliphatic carbocycles. The van der Waals surface area contributed by atoms with Crippen molar-refractivity contribution < 1.29 is 4.39 Å². The maximum absolute atomic E-state index is 13.1. The van der Waals surface area contributed by atoms with Crippen LogP contribution in [0.25, 0.3) is 0 Å². The molecular formula is C11H12Cl3FN2. The molecule has 1 N–H and O–H groups in total. The summed E-state index contributed by atoms with van der Waals surface area (Å²) in [5.74, 6) is 0.0193. The molecule has 0 amide bonds. The lowest BCUT2D eigenvalue weighted by Gasteiger charge is -2.13. The van der Waals surface area contributed by atoms with Crippen LogP contribution in [0.2, 0.25) is 10.0 Å². The van der Waals surface area contributed by atoms with E-state index in [0.717, 1.165) is 0 Å². The predicted molar refractivity (Wildman–Crippen MR) is 73.4 cm³/mol. The number of hydrogen-bond donors (Lipinski definition) is 1. The topological polar surface area (TPSA) is 24.4 Å². The van der Waals surface area contributed by atoms with E-state index in [1.54, 1.807) is 18.2 Å². The van der Waals surface area contributed by atoms with E-state index in [-0.39, 0.29) is 11.9 Å². The molecule has 1 rings (SSSR count). The summed E-state index contributed by atoms with van der Waals surface area (Å²) in [6.45, 7) is 3.64. The van der Waals surface area contributed by atoms with Crippen molar-refractivity contribution >= 4 is 46.3 Å². The van der Waals surface area contributed by atoms with E-state index < -0.39 is 5.63 Å². The highest BCUT2D eigenvalue weighted by molar-refractivity contribution is 6.44. The third kappa shape index (κ3) is 4.34. The SMILES string of the molecule is CC(C)N=C(Nc1cccc(Cl)c1Cl)C(F)Cl. The van der Waals surface area contributed by atoms with Gasteiger partial charge >= 0.3 is 0 Å². The zero-order valence-electron chi connectivity index (χ0n) is 9.35. The summed E-state index contributed by atoms with van der Waals surface area (Å²) in [4.78, 5) is 4.04. The molecule has 2 nitrogen and oxygen atoms in total. The van der Waals surface area contributed by atoms with Gasteiger partial charge in [-0.25, -0.2) is 4.39 Å². The smallest absolute Gasteiger partial charge is 0.230 e. The Labute approximate surface area is 115 Å². The van der Waals surface area contributed by atoms with Crippen molar-refractivity contribution in [3.8, 4) is 0 Å². The summed E-state index contributed by atoms with van der Waals surface area (Å²) in [6, 6.07) is 4.93. The quantitative estimate of drug-likeness (QED) is 0.486. The lowest BCUT2D eigenvalue weighted by Crippen LogP contribution is -2.22. The Morgan fingerprint density at radius 2 is 2.00 bits per heavy atom. The molecule has 1 unspecified atom stereocenters. The number of hydrogen-bond acceptors (Lipinski definition) is 1. The van der Waals surface area contributed by atoms with Crippen LogP contribution in [0.15, 0.2) is 23.2 Å². The molecule has 0 saturated heterocycles. The van der Waals surface area contributed by atoms with Crippen LogP contribution < -0.4 is 5.32 Å². The van der Waals surface area contributed by atoms with Gasteiger partial charge in [0, 0.05) is 6.04 Å². The first-order valence-electron chi connectivity index (χ1n) is 4.98. The second-order valence-corrected chi connectivity index (χ2v) is 4.80. The average Bonchev–Trinajstić information content (AvgIpc) is 2.22. The van der Waals surface area contributed by atoms with E-state index in [9.17, 15) is 4.39 Å². The number of nitrogens with one attached hydrogen (secondary N) is 1. The van der Waals surface area contributed by atoms with Gasteiger partial charge in [0.1, 0.15) is 0 Å². The van der Waals surface area contributed by atoms with Gasteiger partial charge in [-0.05, 0) is 26.0 Å². The van der Waals surface area contributed by atoms with Crippen LogP contribution in [0.3, 0.4) is 0 Å². The zero-order valence-corrected chi connectivity index (χ0v) is 11.6. The van der Waals surface area contributed by atoms with Crippen LogP contribution in [0.1, 0.15) is 13.8 Å². The first-order valence-corrected chi connectivity index (χ1v) is 6.18. The summed E-state index contributed by atoms with van der Waals surface area (Å²) < 4.78 is 13.1. The third-order valence-electron chi connectivity index (χ3n) is 1.82. The van der Waals surface area contributed by atoms with Crippen molar-refractivity contribution in [2.45, 2.75) is 25.5 Å². The predicted octanol–water partition coefficient (Wildman–Crippen LogP) is 4.75. The Morgan fingerprint density at radius 1 is 1.35 bits per heavy atom. The minimum absolute atomic E-state index is 0.0193. The summed E-state index contributed by atoms with van der Waals surface area (Å²) >= 11 is 17.2. The minimum Gasteiger partial charge on any atom is -0.339 e. The first-order chi connectivity index (χ1) is 7.91. The van der Waals surface area contributed by atoms with E-state index in [2.05, 4.69) is 10.3 Å². The number of rotatable bonds is 3. The Kier molecular flexibility index (Phi) is 5.50. The molecule has 94 valence electrons. The van der Waals surface area contributed by atoms with Gasteiger partial charge in [0.25, 0.3) is 0 Å². The number of aliphatic imine (C=N–C) groups is 1. The average molecular weight is 298 g/mol. The van der Waals surface area contributed by atoms with Crippen LogP contribution in [0.4, 0.5) is 10.1 Å². The Morgan fingerprint density at radius 3 is 2.53 bits per heavy atom. The molecule has 0 bridgehead atoms. The van der Waals surface area contributed by atoms with Crippen molar-refractivity contribution in [3.63, 3.8) is 0 Å². The monoisotopic (exact) mass is 296 g/mol. The van der Waals surface area contributed by atoms with Gasteiger partial charge < -0.3 is 5.32 Å². The van der Waals surface area contributed by atoms with Crippen LogP contribution in [-0.2, 0) is 0 Å². The van der Waals surface area contributed by atoms with Crippen molar-refractivity contribution in [3.05, 3.63) is 28.2 Å². The highest BCUT2D eigenvalue weighted by Gasteiger charge is 2.14. The van der Waals surface area contributed by atoms with Gasteiger partial charge in [-0.3, -0.25) is 4.99 Å². The van der Waals surface area contributed by atoms with Gasteiger partial charge in [0.05, 0.1) is 15.7 Å². The van der Waals surface area contributed by atoms with Crippen molar-refractivity contribution in [2.24, 2.45) is 4.99 Å². The molecule has 1 aromatic carbocycles. The number of alkyl halides is 2. The van der Waals surface area contributed by atoms with E-state index in [1.165, 1.54) is 0 Å². The molecule has 0 saturated carbocycles. The fourth-order valence-corrected chi connectivity index (χ4v) is 1.62. The molecule has 0 aliphatic rings. The molecule has 0 radical (unpaired) electrons. The standard InChI is InChI=1S/C11H12Cl3FN2/c1-6(2)16-11(10(14)15)17-8-5-3-4-7(12)9(8)13/h3-6,10H,1-2H3,(H,16,17). The summed E-state index contributed by atoms with van der Waals surface area (Å²) in [5, 5.41) is 3.43. The molecule has 0 aliphatic heterocycles. The van der Waals surface area contributed by atoms with Crippen LogP contribution >= 0.6 is 34.8 Å². The molecule has 1 aromatic rings. The van der Waals surface area contributed by atoms with Crippen LogP contribution in [0.5, 0.6) is 0 Å². The van der Waals surface area contributed by atoms with E-state index in [4.69, 9.17) is 34.8 Å². The molecule has 6 heteroatoms. The molecule has 0 aromatic heterocycles. The Bertz CT molecular complexity index is 419. The highest BCUT2D eigenvalue weighted by Crippen LogP contribution is 2.29. The Balaban J connectivity index is 2.98. The van der Waals surface area contributed by atoms with Crippen molar-refractivity contribution in [1.29, 1.82) is 0 Å². The normalized spacial score (nSPS) is 13.9. The van der Waals surface area contributed by atoms with Gasteiger partial charge in [-0.2, -0.15) is 0 Å². The second kappa shape index (κ2) is 6.43. The Hall–Kier alpha value is -0.510. The number of nitrogens with zero attached hydrogens (tertiary/aromatic N) is 1. The molecule has 17 heavy (non-hydrogen) atoms. The van der Waals surface area contributed by atoms with Gasteiger partial charge in [0.15, 0.2) is 5.84 Å². The fourth-order valence-electron chi connectivity index (χ4n) is 1.16. The minimum atomic E-state index is -1.72. The van der Waals surface area contributed by atoms with Gasteiger partial charge in [0.2, 0.25) is 5.63 Å². The first kappa shape index (κ1) is 14.6. The lowest BCUT2D eigenvalue weighted by atomic mass is 10.3. The largest absolute Gasteiger partial charge is 0.339 e. The maximum atomic E-state index is 13.1. The highest BCUT2D eigenvalue weighted by atomic mass is 35.5. The van der Waals surface area contributed by atoms with E-state index >= 15 is 0 Å². The van der Waals surface area contributed by atoms with Crippen molar-refractivity contribution in [1.82, 2.24) is 0 Å². The number of anilines is 1. The zero-order chi connectivity index (χ0) is 13.0. The van der Waals surface area contributed by atoms with Crippen LogP contribution in [0, 0.1) is 0 Å². The molecule has 0 fully saturated rings. The van der Waals surface area contributed by atoms with Gasteiger partial charge in [-0.15, -0.1) is 0 Å². The maximum Gasteiger partial charge on any atom is 0.230 e. The lowest BCUT2D eigenvalue weighted by molar-refractivity contribution is 0.530. The molecule has 0 heterocycles. The summed E-state index contributed by atoms with van der Waals surface area (Å²) in [6.07, 6.45) is 0. The fraction of sp³-hybridized carbons (Fsp3) is 0.364. The van der Waals surface area contributed by atoms with E-state index in [0.29, 0.717) is 15.7 Å². The molecular weight excluding hydrogens is 285 g/mol. The van der Waals surface area contributed by atoms with Crippen molar-refractivity contribution in [2.75, 3.05) is 5.32 Å². The third-order valence-corrected chi connectivity index (χ3v) is 2.84. The van der Waals surface area contributed by atoms with E-state index in [1.807, 2.05) is 13.8 Å². The molecule has 0 spiro atoms. The number of benzene rings is 1. The number of halogens is 4. The summed E-state index contributed by atoms with van der Waals surface area (Å²) in [7, 11) is 0.